The molecule has 0 unspecified atom stereocenters. The minimum absolute atomic E-state index is 0.0612. The van der Waals surface area contributed by atoms with Gasteiger partial charge in [-0.1, -0.05) is 11.6 Å². The molecule has 2 rings (SSSR count). The van der Waals surface area contributed by atoms with Gasteiger partial charge in [-0.15, -0.1) is 0 Å². The molecule has 0 fully saturated rings. The normalized spacial score (nSPS) is 16.8. The number of ketones is 1. The van der Waals surface area contributed by atoms with Gasteiger partial charge < -0.3 is 5.73 Å². The fourth-order valence-electron chi connectivity index (χ4n) is 1.83. The molecule has 1 aliphatic carbocycles. The Hall–Kier alpha value is -1.19. The summed E-state index contributed by atoms with van der Waals surface area (Å²) in [6.45, 7) is 1.73. The first-order valence-electron chi connectivity index (χ1n) is 4.97. The van der Waals surface area contributed by atoms with Gasteiger partial charge in [0.15, 0.2) is 5.78 Å². The Morgan fingerprint density at radius 1 is 1.50 bits per heavy atom. The SMILES string of the molecule is C[C@H](N)C1=Cc2cc(Cl)cc(F)c2CC1=O. The molecule has 0 amide bonds. The minimum Gasteiger partial charge on any atom is -0.324 e. The first kappa shape index (κ1) is 11.3. The van der Waals surface area contributed by atoms with Gasteiger partial charge in [-0.05, 0) is 30.7 Å². The summed E-state index contributed by atoms with van der Waals surface area (Å²) in [5.41, 5.74) is 7.25. The highest BCUT2D eigenvalue weighted by atomic mass is 35.5. The van der Waals surface area contributed by atoms with E-state index in [-0.39, 0.29) is 18.2 Å². The van der Waals surface area contributed by atoms with Crippen molar-refractivity contribution in [2.24, 2.45) is 5.73 Å². The van der Waals surface area contributed by atoms with Crippen LogP contribution in [-0.4, -0.2) is 11.8 Å². The molecule has 0 saturated heterocycles. The van der Waals surface area contributed by atoms with Crippen LogP contribution in [0.4, 0.5) is 4.39 Å². The summed E-state index contributed by atoms with van der Waals surface area (Å²) in [5.74, 6) is -0.556. The minimum atomic E-state index is -0.434. The fraction of sp³-hybridized carbons (Fsp3) is 0.250. The Balaban J connectivity index is 2.59. The number of benzene rings is 1. The maximum absolute atomic E-state index is 13.5. The highest BCUT2D eigenvalue weighted by Crippen LogP contribution is 2.28. The van der Waals surface area contributed by atoms with Crippen molar-refractivity contribution >= 4 is 23.5 Å². The predicted molar refractivity (Wildman–Crippen MR) is 61.7 cm³/mol. The van der Waals surface area contributed by atoms with Gasteiger partial charge in [0.2, 0.25) is 0 Å². The highest BCUT2D eigenvalue weighted by molar-refractivity contribution is 6.30. The van der Waals surface area contributed by atoms with Crippen molar-refractivity contribution in [3.8, 4) is 0 Å². The Labute approximate surface area is 97.9 Å². The molecular formula is C12H11ClFNO. The Bertz CT molecular complexity index is 494. The van der Waals surface area contributed by atoms with E-state index in [9.17, 15) is 9.18 Å². The summed E-state index contributed by atoms with van der Waals surface area (Å²) in [5, 5.41) is 0.325. The summed E-state index contributed by atoms with van der Waals surface area (Å²) in [6.07, 6.45) is 1.69. The number of rotatable bonds is 1. The first-order chi connectivity index (χ1) is 7.49. The van der Waals surface area contributed by atoms with Gasteiger partial charge in [-0.2, -0.15) is 0 Å². The second kappa shape index (κ2) is 4.00. The molecule has 16 heavy (non-hydrogen) atoms. The fourth-order valence-corrected chi connectivity index (χ4v) is 2.05. The Morgan fingerprint density at radius 3 is 2.81 bits per heavy atom. The lowest BCUT2D eigenvalue weighted by Gasteiger charge is -2.18. The quantitative estimate of drug-likeness (QED) is 0.818. The number of nitrogens with two attached hydrogens (primary N) is 1. The lowest BCUT2D eigenvalue weighted by molar-refractivity contribution is -0.115. The maximum Gasteiger partial charge on any atom is 0.164 e. The summed E-state index contributed by atoms with van der Waals surface area (Å²) >= 11 is 5.76. The van der Waals surface area contributed by atoms with Crippen LogP contribution in [0, 0.1) is 5.82 Å². The van der Waals surface area contributed by atoms with E-state index in [1.165, 1.54) is 6.07 Å². The van der Waals surface area contributed by atoms with Crippen molar-refractivity contribution in [2.45, 2.75) is 19.4 Å². The third-order valence-corrected chi connectivity index (χ3v) is 2.87. The topological polar surface area (TPSA) is 43.1 Å². The number of Topliss-reactive ketones (excluding diaryl/α,β-unsaturated/α-hetero) is 1. The Kier molecular flexibility index (Phi) is 2.82. The lowest BCUT2D eigenvalue weighted by atomic mass is 9.88. The molecule has 0 radical (unpaired) electrons. The van der Waals surface area contributed by atoms with Crippen LogP contribution < -0.4 is 5.73 Å². The van der Waals surface area contributed by atoms with Gasteiger partial charge >= 0.3 is 0 Å². The van der Waals surface area contributed by atoms with E-state index >= 15 is 0 Å². The lowest BCUT2D eigenvalue weighted by Crippen LogP contribution is -2.27. The number of carbonyl (C=O) groups excluding carboxylic acids is 1. The number of carbonyl (C=O) groups is 1. The monoisotopic (exact) mass is 239 g/mol. The van der Waals surface area contributed by atoms with E-state index in [1.807, 2.05) is 0 Å². The molecule has 0 aliphatic heterocycles. The molecule has 4 heteroatoms. The summed E-state index contributed by atoms with van der Waals surface area (Å²) < 4.78 is 13.5. The Morgan fingerprint density at radius 2 is 2.19 bits per heavy atom. The van der Waals surface area contributed by atoms with Gasteiger partial charge in [0.25, 0.3) is 0 Å². The van der Waals surface area contributed by atoms with E-state index in [0.29, 0.717) is 21.7 Å². The smallest absolute Gasteiger partial charge is 0.164 e. The average Bonchev–Trinajstić information content (AvgIpc) is 2.18. The molecular weight excluding hydrogens is 229 g/mol. The molecule has 2 nitrogen and oxygen atoms in total. The van der Waals surface area contributed by atoms with Crippen molar-refractivity contribution < 1.29 is 9.18 Å². The molecule has 0 saturated carbocycles. The second-order valence-electron chi connectivity index (χ2n) is 3.94. The molecule has 2 N–H and O–H groups in total. The van der Waals surface area contributed by atoms with Crippen LogP contribution >= 0.6 is 11.6 Å². The van der Waals surface area contributed by atoms with Crippen LogP contribution in [0.25, 0.3) is 6.08 Å². The van der Waals surface area contributed by atoms with Crippen LogP contribution in [0.1, 0.15) is 18.1 Å². The number of hydrogen-bond acceptors (Lipinski definition) is 2. The van der Waals surface area contributed by atoms with E-state index in [0.717, 1.165) is 0 Å². The van der Waals surface area contributed by atoms with Gasteiger partial charge in [0, 0.05) is 28.6 Å². The molecule has 0 heterocycles. The van der Waals surface area contributed by atoms with Crippen molar-refractivity contribution in [3.63, 3.8) is 0 Å². The van der Waals surface area contributed by atoms with Gasteiger partial charge in [0.05, 0.1) is 0 Å². The van der Waals surface area contributed by atoms with Gasteiger partial charge in [-0.3, -0.25) is 4.79 Å². The molecule has 1 aromatic carbocycles. The highest BCUT2D eigenvalue weighted by Gasteiger charge is 2.23. The van der Waals surface area contributed by atoms with E-state index in [4.69, 9.17) is 17.3 Å². The summed E-state index contributed by atoms with van der Waals surface area (Å²) in [4.78, 5) is 11.7. The van der Waals surface area contributed by atoms with E-state index in [1.54, 1.807) is 19.1 Å². The van der Waals surface area contributed by atoms with Crippen molar-refractivity contribution in [3.05, 3.63) is 39.7 Å². The van der Waals surface area contributed by atoms with Crippen LogP contribution in [0.2, 0.25) is 5.02 Å². The van der Waals surface area contributed by atoms with Crippen LogP contribution in [0.15, 0.2) is 17.7 Å². The molecule has 84 valence electrons. The van der Waals surface area contributed by atoms with E-state index in [2.05, 4.69) is 0 Å². The molecule has 0 spiro atoms. The standard InChI is InChI=1S/C12H11ClFNO/c1-6(15)9-3-7-2-8(13)4-11(14)10(7)5-12(9)16/h2-4,6H,5,15H2,1H3/t6-/m0/s1. The maximum atomic E-state index is 13.5. The zero-order valence-corrected chi connectivity index (χ0v) is 9.51. The molecule has 1 aliphatic rings. The average molecular weight is 240 g/mol. The summed E-state index contributed by atoms with van der Waals surface area (Å²) in [6, 6.07) is 2.52. The van der Waals surface area contributed by atoms with E-state index < -0.39 is 5.82 Å². The molecule has 0 bridgehead atoms. The number of fused-ring (bicyclic) bond motifs is 1. The van der Waals surface area contributed by atoms with Gasteiger partial charge in [-0.25, -0.2) is 4.39 Å². The number of hydrogen-bond donors (Lipinski definition) is 1. The van der Waals surface area contributed by atoms with Crippen molar-refractivity contribution in [1.82, 2.24) is 0 Å². The second-order valence-corrected chi connectivity index (χ2v) is 4.38. The van der Waals surface area contributed by atoms with Gasteiger partial charge in [0.1, 0.15) is 5.82 Å². The van der Waals surface area contributed by atoms with Crippen molar-refractivity contribution in [1.29, 1.82) is 0 Å². The summed E-state index contributed by atoms with van der Waals surface area (Å²) in [7, 11) is 0. The van der Waals surface area contributed by atoms with Crippen LogP contribution in [0.3, 0.4) is 0 Å². The number of halogens is 2. The predicted octanol–water partition coefficient (Wildman–Crippen LogP) is 2.33. The van der Waals surface area contributed by atoms with Crippen LogP contribution in [0.5, 0.6) is 0 Å². The third-order valence-electron chi connectivity index (χ3n) is 2.66. The molecule has 1 aromatic rings. The largest absolute Gasteiger partial charge is 0.324 e. The molecule has 1 atom stereocenters. The molecule has 0 aromatic heterocycles. The van der Waals surface area contributed by atoms with Crippen molar-refractivity contribution in [2.75, 3.05) is 0 Å². The zero-order chi connectivity index (χ0) is 11.9. The third kappa shape index (κ3) is 1.88. The first-order valence-corrected chi connectivity index (χ1v) is 5.35. The zero-order valence-electron chi connectivity index (χ0n) is 8.76. The van der Waals surface area contributed by atoms with Crippen LogP contribution in [-0.2, 0) is 11.2 Å².